The average Bonchev–Trinajstić information content (AvgIpc) is 2.10. The van der Waals surface area contributed by atoms with E-state index in [9.17, 15) is 4.39 Å². The van der Waals surface area contributed by atoms with Crippen molar-refractivity contribution in [2.75, 3.05) is 13.7 Å². The molecule has 0 aliphatic rings. The minimum Gasteiger partial charge on any atom is -0.383 e. The first-order valence-electron chi connectivity index (χ1n) is 3.84. The van der Waals surface area contributed by atoms with Crippen molar-refractivity contribution in [3.8, 4) is 0 Å². The van der Waals surface area contributed by atoms with Crippen molar-refractivity contribution in [2.24, 2.45) is 5.73 Å². The van der Waals surface area contributed by atoms with Crippen LogP contribution in [0.5, 0.6) is 0 Å². The zero-order chi connectivity index (χ0) is 9.84. The first-order valence-corrected chi connectivity index (χ1v) is 4.64. The summed E-state index contributed by atoms with van der Waals surface area (Å²) in [5.41, 5.74) is 6.46. The van der Waals surface area contributed by atoms with Crippen LogP contribution < -0.4 is 5.73 Å². The van der Waals surface area contributed by atoms with Crippen LogP contribution in [0.4, 0.5) is 4.39 Å². The molecule has 0 amide bonds. The van der Waals surface area contributed by atoms with Gasteiger partial charge in [0.1, 0.15) is 5.82 Å². The number of hydrogen-bond acceptors (Lipinski definition) is 2. The lowest BCUT2D eigenvalue weighted by Gasteiger charge is -2.10. The first-order chi connectivity index (χ1) is 6.15. The predicted molar refractivity (Wildman–Crippen MR) is 52.9 cm³/mol. The van der Waals surface area contributed by atoms with E-state index in [0.29, 0.717) is 11.1 Å². The summed E-state index contributed by atoms with van der Waals surface area (Å²) in [5.74, 6) is -0.302. The fraction of sp³-hybridized carbons (Fsp3) is 0.333. The zero-order valence-corrected chi connectivity index (χ0v) is 8.84. The third kappa shape index (κ3) is 2.76. The van der Waals surface area contributed by atoms with Crippen LogP contribution in [0.15, 0.2) is 22.7 Å². The van der Waals surface area contributed by atoms with Gasteiger partial charge in [-0.05, 0) is 33.6 Å². The fourth-order valence-corrected chi connectivity index (χ4v) is 1.27. The molecule has 72 valence electrons. The van der Waals surface area contributed by atoms with E-state index >= 15 is 0 Å². The maximum atomic E-state index is 13.0. The second-order valence-electron chi connectivity index (χ2n) is 2.74. The number of methoxy groups -OCH3 is 1. The van der Waals surface area contributed by atoms with Crippen molar-refractivity contribution in [3.63, 3.8) is 0 Å². The Hall–Kier alpha value is -0.450. The third-order valence-corrected chi connectivity index (χ3v) is 2.36. The second-order valence-corrected chi connectivity index (χ2v) is 3.59. The van der Waals surface area contributed by atoms with Gasteiger partial charge in [-0.1, -0.05) is 6.07 Å². The lowest BCUT2D eigenvalue weighted by Crippen LogP contribution is -2.16. The van der Waals surface area contributed by atoms with E-state index in [-0.39, 0.29) is 11.9 Å². The molecule has 1 aromatic carbocycles. The van der Waals surface area contributed by atoms with Crippen LogP contribution in [-0.2, 0) is 4.74 Å². The standard InChI is InChI=1S/C9H11BrFNO/c1-13-5-9(12)6-2-3-7(10)8(11)4-6/h2-4,9H,5,12H2,1H3. The van der Waals surface area contributed by atoms with Gasteiger partial charge in [0.05, 0.1) is 17.1 Å². The molecule has 1 atom stereocenters. The van der Waals surface area contributed by atoms with E-state index in [1.54, 1.807) is 19.2 Å². The maximum absolute atomic E-state index is 13.0. The first kappa shape index (κ1) is 10.6. The summed E-state index contributed by atoms with van der Waals surface area (Å²) in [6, 6.07) is 4.55. The number of benzene rings is 1. The maximum Gasteiger partial charge on any atom is 0.137 e. The van der Waals surface area contributed by atoms with Crippen LogP contribution in [0, 0.1) is 5.82 Å². The SMILES string of the molecule is COCC(N)c1ccc(Br)c(F)c1. The van der Waals surface area contributed by atoms with Crippen molar-refractivity contribution >= 4 is 15.9 Å². The molecular weight excluding hydrogens is 237 g/mol. The van der Waals surface area contributed by atoms with E-state index in [1.165, 1.54) is 6.07 Å². The van der Waals surface area contributed by atoms with E-state index < -0.39 is 0 Å². The Balaban J connectivity index is 2.84. The molecule has 1 aromatic rings. The van der Waals surface area contributed by atoms with Gasteiger partial charge in [0.15, 0.2) is 0 Å². The summed E-state index contributed by atoms with van der Waals surface area (Å²) in [6.45, 7) is 0.390. The molecule has 0 aliphatic carbocycles. The van der Waals surface area contributed by atoms with Crippen LogP contribution in [0.2, 0.25) is 0 Å². The van der Waals surface area contributed by atoms with Gasteiger partial charge >= 0.3 is 0 Å². The van der Waals surface area contributed by atoms with Crippen molar-refractivity contribution in [1.82, 2.24) is 0 Å². The predicted octanol–water partition coefficient (Wildman–Crippen LogP) is 2.23. The lowest BCUT2D eigenvalue weighted by atomic mass is 10.1. The molecule has 0 saturated carbocycles. The molecule has 0 aliphatic heterocycles. The largest absolute Gasteiger partial charge is 0.383 e. The molecule has 0 spiro atoms. The highest BCUT2D eigenvalue weighted by atomic mass is 79.9. The van der Waals surface area contributed by atoms with Gasteiger partial charge < -0.3 is 10.5 Å². The van der Waals surface area contributed by atoms with Gasteiger partial charge in [0, 0.05) is 7.11 Å². The summed E-state index contributed by atoms with van der Waals surface area (Å²) >= 11 is 3.07. The van der Waals surface area contributed by atoms with Gasteiger partial charge in [-0.25, -0.2) is 4.39 Å². The molecule has 0 radical (unpaired) electrons. The molecular formula is C9H11BrFNO. The van der Waals surface area contributed by atoms with Crippen LogP contribution in [0.25, 0.3) is 0 Å². The van der Waals surface area contributed by atoms with Crippen LogP contribution in [0.1, 0.15) is 11.6 Å². The molecule has 1 unspecified atom stereocenters. The second kappa shape index (κ2) is 4.69. The summed E-state index contributed by atoms with van der Waals surface area (Å²) in [6.07, 6.45) is 0. The van der Waals surface area contributed by atoms with Gasteiger partial charge in [-0.15, -0.1) is 0 Å². The lowest BCUT2D eigenvalue weighted by molar-refractivity contribution is 0.181. The number of halogens is 2. The van der Waals surface area contributed by atoms with Crippen LogP contribution >= 0.6 is 15.9 Å². The van der Waals surface area contributed by atoms with Crippen LogP contribution in [-0.4, -0.2) is 13.7 Å². The Morgan fingerprint density at radius 1 is 1.62 bits per heavy atom. The smallest absolute Gasteiger partial charge is 0.137 e. The van der Waals surface area contributed by atoms with Gasteiger partial charge in [-0.3, -0.25) is 0 Å². The highest BCUT2D eigenvalue weighted by Crippen LogP contribution is 2.19. The summed E-state index contributed by atoms with van der Waals surface area (Å²) in [7, 11) is 1.56. The monoisotopic (exact) mass is 247 g/mol. The molecule has 1 rings (SSSR count). The Labute approximate surface area is 85.0 Å². The Kier molecular flexibility index (Phi) is 3.84. The Bertz CT molecular complexity index is 293. The van der Waals surface area contributed by atoms with E-state index in [0.717, 1.165) is 5.56 Å². The van der Waals surface area contributed by atoms with E-state index in [1.807, 2.05) is 0 Å². The molecule has 2 nitrogen and oxygen atoms in total. The molecule has 0 saturated heterocycles. The van der Waals surface area contributed by atoms with Gasteiger partial charge in [-0.2, -0.15) is 0 Å². The number of rotatable bonds is 3. The van der Waals surface area contributed by atoms with Crippen molar-refractivity contribution in [3.05, 3.63) is 34.1 Å². The minimum atomic E-state index is -0.302. The van der Waals surface area contributed by atoms with Crippen molar-refractivity contribution in [2.45, 2.75) is 6.04 Å². The van der Waals surface area contributed by atoms with Gasteiger partial charge in [0.25, 0.3) is 0 Å². The molecule has 13 heavy (non-hydrogen) atoms. The Morgan fingerprint density at radius 3 is 2.85 bits per heavy atom. The van der Waals surface area contributed by atoms with Crippen LogP contribution in [0.3, 0.4) is 0 Å². The van der Waals surface area contributed by atoms with Gasteiger partial charge in [0.2, 0.25) is 0 Å². The summed E-state index contributed by atoms with van der Waals surface area (Å²) in [5, 5.41) is 0. The van der Waals surface area contributed by atoms with Crippen molar-refractivity contribution in [1.29, 1.82) is 0 Å². The topological polar surface area (TPSA) is 35.2 Å². The summed E-state index contributed by atoms with van der Waals surface area (Å²) in [4.78, 5) is 0. The van der Waals surface area contributed by atoms with E-state index in [2.05, 4.69) is 15.9 Å². The average molecular weight is 248 g/mol. The van der Waals surface area contributed by atoms with E-state index in [4.69, 9.17) is 10.5 Å². The highest BCUT2D eigenvalue weighted by molar-refractivity contribution is 9.10. The molecule has 4 heteroatoms. The molecule has 0 aromatic heterocycles. The highest BCUT2D eigenvalue weighted by Gasteiger charge is 2.07. The number of hydrogen-bond donors (Lipinski definition) is 1. The molecule has 2 N–H and O–H groups in total. The number of ether oxygens (including phenoxy) is 1. The zero-order valence-electron chi connectivity index (χ0n) is 7.26. The van der Waals surface area contributed by atoms with Crippen molar-refractivity contribution < 1.29 is 9.13 Å². The molecule has 0 heterocycles. The quantitative estimate of drug-likeness (QED) is 0.890. The molecule has 0 bridgehead atoms. The normalized spacial score (nSPS) is 12.9. The Morgan fingerprint density at radius 2 is 2.31 bits per heavy atom. The minimum absolute atomic E-state index is 0.271. The summed E-state index contributed by atoms with van der Waals surface area (Å²) < 4.78 is 18.4. The fourth-order valence-electron chi connectivity index (χ4n) is 1.02. The number of nitrogens with two attached hydrogens (primary N) is 1. The molecule has 0 fully saturated rings. The third-order valence-electron chi connectivity index (χ3n) is 1.72.